The highest BCUT2D eigenvalue weighted by atomic mass is 19.3. The Labute approximate surface area is 113 Å². The fourth-order valence-electron chi connectivity index (χ4n) is 1.54. The number of methoxy groups -OCH3 is 1. The highest BCUT2D eigenvalue weighted by Gasteiger charge is 2.09. The highest BCUT2D eigenvalue weighted by Crippen LogP contribution is 2.21. The molecule has 104 valence electrons. The molecular formula is C13H10F2N2O3. The lowest BCUT2D eigenvalue weighted by Crippen LogP contribution is -2.03. The summed E-state index contributed by atoms with van der Waals surface area (Å²) in [5.41, 5.74) is 1.52. The first-order chi connectivity index (χ1) is 9.60. The van der Waals surface area contributed by atoms with Gasteiger partial charge in [-0.2, -0.15) is 8.78 Å². The summed E-state index contributed by atoms with van der Waals surface area (Å²) in [6.45, 7) is -2.92. The van der Waals surface area contributed by atoms with Crippen LogP contribution >= 0.6 is 0 Å². The number of ether oxygens (including phenoxy) is 2. The third-order valence-corrected chi connectivity index (χ3v) is 2.44. The van der Waals surface area contributed by atoms with Gasteiger partial charge in [-0.05, 0) is 12.1 Å². The molecule has 0 spiro atoms. The van der Waals surface area contributed by atoms with Crippen LogP contribution in [0.5, 0.6) is 5.88 Å². The predicted octanol–water partition coefficient (Wildman–Crippen LogP) is 2.53. The van der Waals surface area contributed by atoms with Gasteiger partial charge in [0.25, 0.3) is 0 Å². The smallest absolute Gasteiger partial charge is 0.388 e. The van der Waals surface area contributed by atoms with E-state index in [2.05, 4.69) is 19.4 Å². The second-order valence-corrected chi connectivity index (χ2v) is 3.72. The molecule has 0 aromatic carbocycles. The van der Waals surface area contributed by atoms with Gasteiger partial charge in [-0.15, -0.1) is 0 Å². The van der Waals surface area contributed by atoms with Gasteiger partial charge >= 0.3 is 12.6 Å². The van der Waals surface area contributed by atoms with Gasteiger partial charge in [-0.25, -0.2) is 9.78 Å². The van der Waals surface area contributed by atoms with Crippen LogP contribution in [0.1, 0.15) is 10.4 Å². The molecule has 0 bridgehead atoms. The summed E-state index contributed by atoms with van der Waals surface area (Å²) >= 11 is 0. The first-order valence-electron chi connectivity index (χ1n) is 5.55. The molecule has 2 rings (SSSR count). The first-order valence-corrected chi connectivity index (χ1v) is 5.55. The van der Waals surface area contributed by atoms with Gasteiger partial charge in [0.1, 0.15) is 0 Å². The summed E-state index contributed by atoms with van der Waals surface area (Å²) in [4.78, 5) is 19.1. The number of carbonyl (C=O) groups is 1. The van der Waals surface area contributed by atoms with Crippen molar-refractivity contribution in [1.82, 2.24) is 9.97 Å². The van der Waals surface area contributed by atoms with Crippen molar-refractivity contribution in [2.75, 3.05) is 7.11 Å². The van der Waals surface area contributed by atoms with Crippen molar-refractivity contribution in [1.29, 1.82) is 0 Å². The molecule has 0 saturated heterocycles. The van der Waals surface area contributed by atoms with Gasteiger partial charge < -0.3 is 9.47 Å². The zero-order chi connectivity index (χ0) is 14.5. The van der Waals surface area contributed by atoms with Gasteiger partial charge in [-0.3, -0.25) is 4.98 Å². The van der Waals surface area contributed by atoms with Gasteiger partial charge in [0, 0.05) is 35.8 Å². The molecule has 0 aliphatic heterocycles. The predicted molar refractivity (Wildman–Crippen MR) is 65.4 cm³/mol. The molecule has 2 heterocycles. The molecule has 2 aromatic heterocycles. The van der Waals surface area contributed by atoms with E-state index in [1.165, 1.54) is 31.8 Å². The third kappa shape index (κ3) is 3.25. The van der Waals surface area contributed by atoms with Crippen LogP contribution in [0, 0.1) is 0 Å². The van der Waals surface area contributed by atoms with Crippen molar-refractivity contribution in [3.63, 3.8) is 0 Å². The van der Waals surface area contributed by atoms with Crippen LogP contribution in [0.3, 0.4) is 0 Å². The fraction of sp³-hybridized carbons (Fsp3) is 0.154. The van der Waals surface area contributed by atoms with Crippen molar-refractivity contribution in [2.24, 2.45) is 0 Å². The molecule has 0 atom stereocenters. The number of halogens is 2. The minimum atomic E-state index is -2.92. The average Bonchev–Trinajstić information content (AvgIpc) is 2.47. The van der Waals surface area contributed by atoms with Crippen LogP contribution in [0.15, 0.2) is 36.8 Å². The Balaban J connectivity index is 2.25. The van der Waals surface area contributed by atoms with E-state index >= 15 is 0 Å². The van der Waals surface area contributed by atoms with E-state index in [0.717, 1.165) is 0 Å². The quantitative estimate of drug-likeness (QED) is 0.805. The average molecular weight is 280 g/mol. The van der Waals surface area contributed by atoms with Crippen molar-refractivity contribution < 1.29 is 23.0 Å². The number of rotatable bonds is 4. The van der Waals surface area contributed by atoms with Crippen LogP contribution in [0.4, 0.5) is 8.78 Å². The Hall–Kier alpha value is -2.57. The number of hydrogen-bond donors (Lipinski definition) is 0. The second kappa shape index (κ2) is 6.05. The van der Waals surface area contributed by atoms with E-state index in [-0.39, 0.29) is 11.4 Å². The molecule has 0 aliphatic rings. The number of hydrogen-bond acceptors (Lipinski definition) is 5. The van der Waals surface area contributed by atoms with Gasteiger partial charge in [0.2, 0.25) is 5.88 Å². The van der Waals surface area contributed by atoms with E-state index in [0.29, 0.717) is 11.1 Å². The maximum atomic E-state index is 12.0. The monoisotopic (exact) mass is 280 g/mol. The molecule has 5 nitrogen and oxygen atoms in total. The van der Waals surface area contributed by atoms with E-state index < -0.39 is 12.6 Å². The molecule has 0 fully saturated rings. The number of alkyl halides is 2. The first kappa shape index (κ1) is 13.9. The second-order valence-electron chi connectivity index (χ2n) is 3.72. The van der Waals surface area contributed by atoms with Crippen molar-refractivity contribution in [3.05, 3.63) is 42.4 Å². The van der Waals surface area contributed by atoms with E-state index in [9.17, 15) is 13.6 Å². The van der Waals surface area contributed by atoms with Crippen LogP contribution in [-0.2, 0) is 4.74 Å². The van der Waals surface area contributed by atoms with Crippen molar-refractivity contribution in [2.45, 2.75) is 6.61 Å². The maximum Gasteiger partial charge on any atom is 0.388 e. The van der Waals surface area contributed by atoms with Gasteiger partial charge in [-0.1, -0.05) is 0 Å². The number of aromatic nitrogens is 2. The number of pyridine rings is 2. The Kier molecular flexibility index (Phi) is 4.19. The minimum Gasteiger partial charge on any atom is -0.465 e. The van der Waals surface area contributed by atoms with E-state index in [4.69, 9.17) is 0 Å². The van der Waals surface area contributed by atoms with Crippen molar-refractivity contribution in [3.8, 4) is 17.0 Å². The molecular weight excluding hydrogens is 270 g/mol. The van der Waals surface area contributed by atoms with E-state index in [1.807, 2.05) is 0 Å². The summed E-state index contributed by atoms with van der Waals surface area (Å²) in [5.74, 6) is -0.689. The molecule has 0 saturated carbocycles. The van der Waals surface area contributed by atoms with E-state index in [1.54, 1.807) is 12.1 Å². The maximum absolute atomic E-state index is 12.0. The van der Waals surface area contributed by atoms with Crippen LogP contribution < -0.4 is 4.74 Å². The Morgan fingerprint density at radius 2 is 2.00 bits per heavy atom. The van der Waals surface area contributed by atoms with Crippen molar-refractivity contribution >= 4 is 5.97 Å². The molecule has 0 unspecified atom stereocenters. The molecule has 0 N–H and O–H groups in total. The number of esters is 1. The SMILES string of the molecule is COC(=O)c1cncc(-c2ccc(OC(F)F)nc2)c1. The normalized spacial score (nSPS) is 10.4. The molecule has 2 aromatic rings. The lowest BCUT2D eigenvalue weighted by Gasteiger charge is -2.05. The van der Waals surface area contributed by atoms with Crippen LogP contribution in [0.2, 0.25) is 0 Å². The molecule has 0 aliphatic carbocycles. The van der Waals surface area contributed by atoms with Gasteiger partial charge in [0.05, 0.1) is 12.7 Å². The lowest BCUT2D eigenvalue weighted by atomic mass is 10.1. The summed E-state index contributed by atoms with van der Waals surface area (Å²) in [5, 5.41) is 0. The molecule has 0 radical (unpaired) electrons. The largest absolute Gasteiger partial charge is 0.465 e. The summed E-state index contributed by atoms with van der Waals surface area (Å²) in [7, 11) is 1.27. The summed E-state index contributed by atoms with van der Waals surface area (Å²) in [6.07, 6.45) is 4.25. The Morgan fingerprint density at radius 3 is 2.60 bits per heavy atom. The van der Waals surface area contributed by atoms with Gasteiger partial charge in [0.15, 0.2) is 0 Å². The fourth-order valence-corrected chi connectivity index (χ4v) is 1.54. The zero-order valence-corrected chi connectivity index (χ0v) is 10.4. The highest BCUT2D eigenvalue weighted by molar-refractivity contribution is 5.90. The number of carbonyl (C=O) groups excluding carboxylic acids is 1. The van der Waals surface area contributed by atoms with Crippen LogP contribution in [-0.4, -0.2) is 29.7 Å². The van der Waals surface area contributed by atoms with Crippen LogP contribution in [0.25, 0.3) is 11.1 Å². The summed E-state index contributed by atoms with van der Waals surface area (Å²) in [6, 6.07) is 4.43. The number of nitrogens with zero attached hydrogens (tertiary/aromatic N) is 2. The Bertz CT molecular complexity index is 603. The molecule has 20 heavy (non-hydrogen) atoms. The summed E-state index contributed by atoms with van der Waals surface area (Å²) < 4.78 is 32.7. The minimum absolute atomic E-state index is 0.180. The standard InChI is InChI=1S/C13H10F2N2O3/c1-19-12(18)10-4-9(5-16-6-10)8-2-3-11(17-7-8)20-13(14)15/h2-7,13H,1H3. The molecule has 7 heteroatoms. The Morgan fingerprint density at radius 1 is 1.20 bits per heavy atom. The lowest BCUT2D eigenvalue weighted by molar-refractivity contribution is -0.0528. The third-order valence-electron chi connectivity index (χ3n) is 2.44. The topological polar surface area (TPSA) is 61.3 Å². The zero-order valence-electron chi connectivity index (χ0n) is 10.4. The molecule has 0 amide bonds.